The summed E-state index contributed by atoms with van der Waals surface area (Å²) in [6, 6.07) is 9.39. The lowest BCUT2D eigenvalue weighted by molar-refractivity contribution is 0.0581. The first-order chi connectivity index (χ1) is 14.5. The SMILES string of the molecule is CC1NCc2cc(Cl)ccc2-n2c(C3CC4(C3)CN(c3ccc(F)cn3)C4)nnc21. The van der Waals surface area contributed by atoms with E-state index >= 15 is 0 Å². The van der Waals surface area contributed by atoms with Gasteiger partial charge in [-0.25, -0.2) is 9.37 Å². The Labute approximate surface area is 179 Å². The largest absolute Gasteiger partial charge is 0.355 e. The minimum Gasteiger partial charge on any atom is -0.355 e. The third-order valence-corrected chi connectivity index (χ3v) is 7.03. The predicted octanol–water partition coefficient (Wildman–Crippen LogP) is 4.00. The topological polar surface area (TPSA) is 58.9 Å². The number of benzene rings is 1. The number of nitrogens with one attached hydrogen (secondary N) is 1. The smallest absolute Gasteiger partial charge is 0.154 e. The molecule has 0 radical (unpaired) electrons. The van der Waals surface area contributed by atoms with Crippen LogP contribution in [0.5, 0.6) is 0 Å². The van der Waals surface area contributed by atoms with Gasteiger partial charge in [-0.3, -0.25) is 4.57 Å². The molecule has 3 aliphatic rings. The molecule has 154 valence electrons. The fraction of sp³-hybridized carbons (Fsp3) is 0.409. The maximum Gasteiger partial charge on any atom is 0.154 e. The van der Waals surface area contributed by atoms with Crippen LogP contribution in [0.3, 0.4) is 0 Å². The molecule has 1 atom stereocenters. The molecule has 0 bridgehead atoms. The van der Waals surface area contributed by atoms with Crippen molar-refractivity contribution in [3.8, 4) is 5.69 Å². The van der Waals surface area contributed by atoms with E-state index in [9.17, 15) is 4.39 Å². The third-order valence-electron chi connectivity index (χ3n) is 6.79. The molecule has 0 amide bonds. The van der Waals surface area contributed by atoms with E-state index in [0.717, 1.165) is 60.7 Å². The first-order valence-corrected chi connectivity index (χ1v) is 10.7. The second-order valence-corrected chi connectivity index (χ2v) is 9.36. The van der Waals surface area contributed by atoms with Crippen LogP contribution >= 0.6 is 11.6 Å². The fourth-order valence-electron chi connectivity index (χ4n) is 5.28. The summed E-state index contributed by atoms with van der Waals surface area (Å²) in [6.07, 6.45) is 3.47. The summed E-state index contributed by atoms with van der Waals surface area (Å²) in [6.45, 7) is 4.81. The highest BCUT2D eigenvalue weighted by atomic mass is 35.5. The minimum absolute atomic E-state index is 0.121. The highest BCUT2D eigenvalue weighted by Crippen LogP contribution is 2.56. The van der Waals surface area contributed by atoms with Gasteiger partial charge in [-0.2, -0.15) is 0 Å². The zero-order valence-electron chi connectivity index (χ0n) is 16.6. The average molecular weight is 425 g/mol. The first kappa shape index (κ1) is 18.3. The van der Waals surface area contributed by atoms with Gasteiger partial charge >= 0.3 is 0 Å². The van der Waals surface area contributed by atoms with Crippen LogP contribution in [0.4, 0.5) is 10.2 Å². The van der Waals surface area contributed by atoms with Crippen molar-refractivity contribution in [3.05, 3.63) is 64.6 Å². The molecular weight excluding hydrogens is 403 g/mol. The number of fused-ring (bicyclic) bond motifs is 3. The molecule has 4 heterocycles. The number of hydrogen-bond donors (Lipinski definition) is 1. The summed E-state index contributed by atoms with van der Waals surface area (Å²) in [4.78, 5) is 6.43. The van der Waals surface area contributed by atoms with Crippen molar-refractivity contribution in [3.63, 3.8) is 0 Å². The summed E-state index contributed by atoms with van der Waals surface area (Å²) in [5.41, 5.74) is 2.60. The minimum atomic E-state index is -0.296. The van der Waals surface area contributed by atoms with Crippen LogP contribution in [0.1, 0.15) is 48.9 Å². The monoisotopic (exact) mass is 424 g/mol. The van der Waals surface area contributed by atoms with E-state index in [1.165, 1.54) is 17.8 Å². The Morgan fingerprint density at radius 1 is 1.13 bits per heavy atom. The van der Waals surface area contributed by atoms with E-state index in [-0.39, 0.29) is 11.9 Å². The molecule has 6 nitrogen and oxygen atoms in total. The second-order valence-electron chi connectivity index (χ2n) is 8.92. The predicted molar refractivity (Wildman–Crippen MR) is 112 cm³/mol. The summed E-state index contributed by atoms with van der Waals surface area (Å²) in [5.74, 6) is 2.96. The van der Waals surface area contributed by atoms with E-state index in [1.807, 2.05) is 12.1 Å². The van der Waals surface area contributed by atoms with Crippen molar-refractivity contribution in [2.24, 2.45) is 5.41 Å². The number of halogens is 2. The van der Waals surface area contributed by atoms with Gasteiger partial charge in [0.1, 0.15) is 17.5 Å². The van der Waals surface area contributed by atoms with Crippen LogP contribution in [0, 0.1) is 11.2 Å². The Bertz CT molecular complexity index is 1110. The van der Waals surface area contributed by atoms with Crippen LogP contribution in [-0.4, -0.2) is 32.8 Å². The molecular formula is C22H22ClFN6. The summed E-state index contributed by atoms with van der Waals surface area (Å²) >= 11 is 6.25. The molecule has 30 heavy (non-hydrogen) atoms. The van der Waals surface area contributed by atoms with Crippen LogP contribution < -0.4 is 10.2 Å². The van der Waals surface area contributed by atoms with Gasteiger partial charge in [-0.1, -0.05) is 11.6 Å². The second kappa shape index (κ2) is 6.49. The maximum atomic E-state index is 13.1. The average Bonchev–Trinajstić information content (AvgIpc) is 3.04. The number of rotatable bonds is 2. The van der Waals surface area contributed by atoms with Gasteiger partial charge in [0.05, 0.1) is 17.9 Å². The van der Waals surface area contributed by atoms with Crippen molar-refractivity contribution in [1.29, 1.82) is 0 Å². The summed E-state index contributed by atoms with van der Waals surface area (Å²) in [7, 11) is 0. The molecule has 1 aliphatic carbocycles. The molecule has 1 unspecified atom stereocenters. The van der Waals surface area contributed by atoms with Crippen molar-refractivity contribution in [2.75, 3.05) is 18.0 Å². The van der Waals surface area contributed by atoms with Gasteiger partial charge in [0.2, 0.25) is 0 Å². The zero-order chi connectivity index (χ0) is 20.5. The first-order valence-electron chi connectivity index (χ1n) is 10.4. The molecule has 8 heteroatoms. The number of hydrogen-bond acceptors (Lipinski definition) is 5. The van der Waals surface area contributed by atoms with Crippen LogP contribution in [-0.2, 0) is 6.54 Å². The van der Waals surface area contributed by atoms with Crippen LogP contribution in [0.25, 0.3) is 5.69 Å². The molecule has 2 aliphatic heterocycles. The standard InChI is InChI=1S/C22H22ClFN6/c1-13-20-27-28-21(30(20)18-4-2-16(23)6-14(18)9-25-13)15-7-22(8-15)11-29(12-22)19-5-3-17(24)10-26-19/h2-6,10,13,15,25H,7-9,11-12H2,1H3. The van der Waals surface area contributed by atoms with Gasteiger partial charge in [0.25, 0.3) is 0 Å². The Morgan fingerprint density at radius 2 is 1.93 bits per heavy atom. The van der Waals surface area contributed by atoms with Crippen molar-refractivity contribution >= 4 is 17.4 Å². The van der Waals surface area contributed by atoms with Gasteiger partial charge in [-0.05, 0) is 55.7 Å². The van der Waals surface area contributed by atoms with Crippen molar-refractivity contribution in [1.82, 2.24) is 25.1 Å². The summed E-state index contributed by atoms with van der Waals surface area (Å²) in [5, 5.41) is 13.4. The molecule has 2 aromatic heterocycles. The summed E-state index contributed by atoms with van der Waals surface area (Å²) < 4.78 is 15.4. The molecule has 1 saturated heterocycles. The number of aromatic nitrogens is 4. The Hall–Kier alpha value is -2.51. The van der Waals surface area contributed by atoms with Crippen LogP contribution in [0.2, 0.25) is 5.02 Å². The quantitative estimate of drug-likeness (QED) is 0.673. The highest BCUT2D eigenvalue weighted by molar-refractivity contribution is 6.30. The lowest BCUT2D eigenvalue weighted by atomic mass is 9.57. The van der Waals surface area contributed by atoms with E-state index in [4.69, 9.17) is 11.6 Å². The molecule has 6 rings (SSSR count). The lowest BCUT2D eigenvalue weighted by Gasteiger charge is -2.59. The molecule has 1 aromatic carbocycles. The molecule has 1 N–H and O–H groups in total. The van der Waals surface area contributed by atoms with Gasteiger partial charge < -0.3 is 10.2 Å². The fourth-order valence-corrected chi connectivity index (χ4v) is 5.47. The lowest BCUT2D eigenvalue weighted by Crippen LogP contribution is -2.62. The number of anilines is 1. The molecule has 1 saturated carbocycles. The van der Waals surface area contributed by atoms with E-state index in [2.05, 4.69) is 43.0 Å². The third kappa shape index (κ3) is 2.76. The van der Waals surface area contributed by atoms with Gasteiger partial charge in [-0.15, -0.1) is 10.2 Å². The molecule has 1 spiro atoms. The van der Waals surface area contributed by atoms with E-state index in [1.54, 1.807) is 6.07 Å². The normalized spacial score (nSPS) is 22.1. The van der Waals surface area contributed by atoms with Crippen molar-refractivity contribution in [2.45, 2.75) is 38.3 Å². The highest BCUT2D eigenvalue weighted by Gasteiger charge is 2.54. The van der Waals surface area contributed by atoms with Gasteiger partial charge in [0, 0.05) is 36.0 Å². The van der Waals surface area contributed by atoms with Crippen molar-refractivity contribution < 1.29 is 4.39 Å². The molecule has 3 aromatic rings. The van der Waals surface area contributed by atoms with Gasteiger partial charge in [0.15, 0.2) is 5.82 Å². The van der Waals surface area contributed by atoms with E-state index < -0.39 is 0 Å². The molecule has 2 fully saturated rings. The van der Waals surface area contributed by atoms with E-state index in [0.29, 0.717) is 11.3 Å². The Kier molecular flexibility index (Phi) is 3.95. The Balaban J connectivity index is 1.24. The number of pyridine rings is 1. The van der Waals surface area contributed by atoms with Crippen LogP contribution in [0.15, 0.2) is 36.5 Å². The number of nitrogens with zero attached hydrogens (tertiary/aromatic N) is 5. The maximum absolute atomic E-state index is 13.1. The Morgan fingerprint density at radius 3 is 2.70 bits per heavy atom. The zero-order valence-corrected chi connectivity index (χ0v) is 17.4.